The molecule has 2 aromatic heterocycles. The van der Waals surface area contributed by atoms with E-state index in [4.69, 9.17) is 14.7 Å². The van der Waals surface area contributed by atoms with Crippen molar-refractivity contribution in [3.63, 3.8) is 0 Å². The number of rotatable bonds is 8. The van der Waals surface area contributed by atoms with Crippen LogP contribution in [0.5, 0.6) is 0 Å². The third-order valence-corrected chi connectivity index (χ3v) is 6.05. The predicted molar refractivity (Wildman–Crippen MR) is 127 cm³/mol. The van der Waals surface area contributed by atoms with Crippen LogP contribution in [0.4, 0.5) is 0 Å². The Labute approximate surface area is 188 Å². The van der Waals surface area contributed by atoms with Gasteiger partial charge in [0.05, 0.1) is 30.2 Å². The van der Waals surface area contributed by atoms with Gasteiger partial charge in [0, 0.05) is 31.8 Å². The van der Waals surface area contributed by atoms with Crippen LogP contribution in [-0.2, 0) is 17.8 Å². The maximum absolute atomic E-state index is 5.38. The summed E-state index contributed by atoms with van der Waals surface area (Å²) in [6, 6.07) is 10.4. The Morgan fingerprint density at radius 3 is 2.77 bits per heavy atom. The van der Waals surface area contributed by atoms with Gasteiger partial charge in [-0.1, -0.05) is 18.2 Å². The van der Waals surface area contributed by atoms with Crippen molar-refractivity contribution in [3.8, 4) is 5.69 Å². The van der Waals surface area contributed by atoms with Crippen molar-refractivity contribution >= 4 is 17.3 Å². The lowest BCUT2D eigenvalue weighted by Crippen LogP contribution is -2.38. The number of nitrogens with one attached hydrogen (secondary N) is 1. The summed E-state index contributed by atoms with van der Waals surface area (Å²) in [5.74, 6) is 0.847. The van der Waals surface area contributed by atoms with E-state index in [0.29, 0.717) is 13.1 Å². The molecule has 0 amide bonds. The molecule has 0 bridgehead atoms. The van der Waals surface area contributed by atoms with Crippen LogP contribution in [-0.4, -0.2) is 46.3 Å². The van der Waals surface area contributed by atoms with Crippen LogP contribution >= 0.6 is 11.3 Å². The summed E-state index contributed by atoms with van der Waals surface area (Å²) >= 11 is 1.63. The van der Waals surface area contributed by atoms with Gasteiger partial charge in [-0.2, -0.15) is 5.10 Å². The Hall–Kier alpha value is -2.71. The molecule has 0 aliphatic carbocycles. The molecule has 8 heteroatoms. The molecule has 0 aliphatic rings. The number of methoxy groups -OCH3 is 1. The second kappa shape index (κ2) is 10.5. The Balaban J connectivity index is 1.78. The number of nitrogens with zero attached hydrogens (tertiary/aromatic N) is 5. The van der Waals surface area contributed by atoms with E-state index < -0.39 is 0 Å². The molecule has 1 unspecified atom stereocenters. The zero-order valence-corrected chi connectivity index (χ0v) is 20.0. The lowest BCUT2D eigenvalue weighted by atomic mass is 10.2. The van der Waals surface area contributed by atoms with Gasteiger partial charge in [-0.15, -0.1) is 11.3 Å². The first kappa shape index (κ1) is 23.0. The third-order valence-electron chi connectivity index (χ3n) is 5.00. The number of aryl methyl sites for hydroxylation is 2. The Kier molecular flexibility index (Phi) is 7.81. The Morgan fingerprint density at radius 2 is 2.10 bits per heavy atom. The first-order valence-corrected chi connectivity index (χ1v) is 11.4. The van der Waals surface area contributed by atoms with Crippen molar-refractivity contribution in [1.82, 2.24) is 25.0 Å². The fourth-order valence-electron chi connectivity index (χ4n) is 3.35. The average Bonchev–Trinajstić information content (AvgIpc) is 3.36. The quantitative estimate of drug-likeness (QED) is 0.419. The van der Waals surface area contributed by atoms with Gasteiger partial charge in [-0.05, 0) is 45.4 Å². The average molecular weight is 441 g/mol. The van der Waals surface area contributed by atoms with Gasteiger partial charge in [0.2, 0.25) is 0 Å². The highest BCUT2D eigenvalue weighted by molar-refractivity contribution is 7.09. The number of hydrogen-bond donors (Lipinski definition) is 1. The second-order valence-corrected chi connectivity index (χ2v) is 8.44. The minimum atomic E-state index is 0.0110. The summed E-state index contributed by atoms with van der Waals surface area (Å²) in [6.45, 7) is 10.2. The number of thiazole rings is 1. The molecule has 0 radical (unpaired) electrons. The second-order valence-electron chi connectivity index (χ2n) is 7.55. The number of hydrogen-bond acceptors (Lipinski definition) is 5. The summed E-state index contributed by atoms with van der Waals surface area (Å²) in [5, 5.41) is 11.1. The molecule has 1 aromatic carbocycles. The van der Waals surface area contributed by atoms with E-state index in [9.17, 15) is 0 Å². The number of aromatic nitrogens is 3. The fraction of sp³-hybridized carbons (Fsp3) is 0.435. The van der Waals surface area contributed by atoms with Crippen molar-refractivity contribution in [2.45, 2.75) is 46.9 Å². The number of para-hydroxylation sites is 1. The zero-order valence-electron chi connectivity index (χ0n) is 19.2. The molecule has 1 atom stereocenters. The van der Waals surface area contributed by atoms with Crippen LogP contribution in [0.3, 0.4) is 0 Å². The minimum Gasteiger partial charge on any atom is -0.375 e. The van der Waals surface area contributed by atoms with E-state index in [1.807, 2.05) is 37.7 Å². The molecule has 31 heavy (non-hydrogen) atoms. The van der Waals surface area contributed by atoms with E-state index in [2.05, 4.69) is 52.7 Å². The summed E-state index contributed by atoms with van der Waals surface area (Å²) in [5.41, 5.74) is 5.33. The van der Waals surface area contributed by atoms with Crippen molar-refractivity contribution in [2.24, 2.45) is 4.99 Å². The molecule has 0 aliphatic heterocycles. The van der Waals surface area contributed by atoms with Crippen LogP contribution in [0.1, 0.15) is 47.6 Å². The molecule has 1 N–H and O–H groups in total. The third kappa shape index (κ3) is 5.71. The Morgan fingerprint density at radius 1 is 1.32 bits per heavy atom. The topological polar surface area (TPSA) is 67.6 Å². The summed E-state index contributed by atoms with van der Waals surface area (Å²) in [7, 11) is 3.74. The van der Waals surface area contributed by atoms with Crippen LogP contribution in [0.25, 0.3) is 5.69 Å². The van der Waals surface area contributed by atoms with Crippen LogP contribution in [0.15, 0.2) is 40.7 Å². The lowest BCUT2D eigenvalue weighted by Gasteiger charge is -2.21. The van der Waals surface area contributed by atoms with E-state index in [-0.39, 0.29) is 6.10 Å². The fourth-order valence-corrected chi connectivity index (χ4v) is 4.20. The van der Waals surface area contributed by atoms with Gasteiger partial charge >= 0.3 is 0 Å². The monoisotopic (exact) mass is 440 g/mol. The van der Waals surface area contributed by atoms with Crippen molar-refractivity contribution in [2.75, 3.05) is 20.7 Å². The zero-order chi connectivity index (χ0) is 22.4. The van der Waals surface area contributed by atoms with Gasteiger partial charge in [0.25, 0.3) is 0 Å². The highest BCUT2D eigenvalue weighted by Gasteiger charge is 2.13. The molecule has 3 aromatic rings. The van der Waals surface area contributed by atoms with Gasteiger partial charge in [-0.25, -0.2) is 14.7 Å². The molecule has 2 heterocycles. The Bertz CT molecular complexity index is 1020. The highest BCUT2D eigenvalue weighted by atomic mass is 32.1. The molecule has 7 nitrogen and oxygen atoms in total. The van der Waals surface area contributed by atoms with Crippen molar-refractivity contribution in [1.29, 1.82) is 0 Å². The standard InChI is InChI=1S/C23H32N6OS/c1-7-24-23(28(5)14-20-15-31-22(26-20)18(4)30-6)25-13-19-10-8-9-11-21(19)29-17(3)12-16(2)27-29/h8-12,15,18H,7,13-14H2,1-6H3,(H,24,25). The normalized spacial score (nSPS) is 12.8. The first-order chi connectivity index (χ1) is 14.9. The molecule has 3 rings (SSSR count). The molecule has 0 saturated carbocycles. The molecule has 166 valence electrons. The van der Waals surface area contributed by atoms with Crippen LogP contribution < -0.4 is 5.32 Å². The van der Waals surface area contributed by atoms with Gasteiger partial charge < -0.3 is 15.0 Å². The lowest BCUT2D eigenvalue weighted by molar-refractivity contribution is 0.119. The molecule has 0 saturated heterocycles. The predicted octanol–water partition coefficient (Wildman–Crippen LogP) is 4.25. The van der Waals surface area contributed by atoms with Crippen molar-refractivity contribution in [3.05, 3.63) is 63.4 Å². The summed E-state index contributed by atoms with van der Waals surface area (Å²) < 4.78 is 7.37. The van der Waals surface area contributed by atoms with Gasteiger partial charge in [0.15, 0.2) is 5.96 Å². The molecule has 0 fully saturated rings. The minimum absolute atomic E-state index is 0.0110. The maximum atomic E-state index is 5.38. The first-order valence-electron chi connectivity index (χ1n) is 10.5. The van der Waals surface area contributed by atoms with Gasteiger partial charge in [-0.3, -0.25) is 0 Å². The van der Waals surface area contributed by atoms with Crippen LogP contribution in [0.2, 0.25) is 0 Å². The largest absolute Gasteiger partial charge is 0.375 e. The summed E-state index contributed by atoms with van der Waals surface area (Å²) in [4.78, 5) is 11.7. The van der Waals surface area contributed by atoms with E-state index in [0.717, 1.165) is 45.8 Å². The molecular weight excluding hydrogens is 408 g/mol. The summed E-state index contributed by atoms with van der Waals surface area (Å²) in [6.07, 6.45) is 0.0110. The highest BCUT2D eigenvalue weighted by Crippen LogP contribution is 2.21. The number of guanidine groups is 1. The van der Waals surface area contributed by atoms with E-state index in [1.165, 1.54) is 0 Å². The number of benzene rings is 1. The number of ether oxygens (including phenoxy) is 1. The van der Waals surface area contributed by atoms with Crippen LogP contribution in [0, 0.1) is 13.8 Å². The smallest absolute Gasteiger partial charge is 0.194 e. The maximum Gasteiger partial charge on any atom is 0.194 e. The molecular formula is C23H32N6OS. The van der Waals surface area contributed by atoms with E-state index >= 15 is 0 Å². The van der Waals surface area contributed by atoms with E-state index in [1.54, 1.807) is 18.4 Å². The SMILES string of the molecule is CCNC(=NCc1ccccc1-n1nc(C)cc1C)N(C)Cc1csc(C(C)OC)n1. The van der Waals surface area contributed by atoms with Crippen molar-refractivity contribution < 1.29 is 4.74 Å². The van der Waals surface area contributed by atoms with Gasteiger partial charge in [0.1, 0.15) is 11.1 Å². The number of aliphatic imine (C=N–C) groups is 1. The molecule has 0 spiro atoms.